The van der Waals surface area contributed by atoms with Gasteiger partial charge in [-0.3, -0.25) is 0 Å². The van der Waals surface area contributed by atoms with Gasteiger partial charge in [-0.25, -0.2) is 4.68 Å². The molecule has 0 amide bonds. The maximum Gasteiger partial charge on any atom is 0.117 e. The highest BCUT2D eigenvalue weighted by atomic mass is 16.3. The van der Waals surface area contributed by atoms with E-state index in [1.165, 1.54) is 5.39 Å². The number of aromatic hydroxyl groups is 1. The van der Waals surface area contributed by atoms with Crippen LogP contribution in [0.3, 0.4) is 0 Å². The molecular weight excluding hydrogens is 334 g/mol. The number of fused-ring (bicyclic) bond motifs is 3. The van der Waals surface area contributed by atoms with Gasteiger partial charge >= 0.3 is 0 Å². The lowest BCUT2D eigenvalue weighted by atomic mass is 10.1. The summed E-state index contributed by atoms with van der Waals surface area (Å²) in [5, 5.41) is 16.9. The Labute approximate surface area is 156 Å². The van der Waals surface area contributed by atoms with Gasteiger partial charge in [0.1, 0.15) is 5.75 Å². The molecule has 5 rings (SSSR count). The molecule has 0 unspecified atom stereocenters. The molecule has 0 saturated carbocycles. The van der Waals surface area contributed by atoms with E-state index in [-0.39, 0.29) is 5.75 Å². The van der Waals surface area contributed by atoms with Crippen molar-refractivity contribution < 1.29 is 5.11 Å². The minimum Gasteiger partial charge on any atom is -0.508 e. The first kappa shape index (κ1) is 15.7. The minimum atomic E-state index is 0.269. The maximum absolute atomic E-state index is 10.0. The van der Waals surface area contributed by atoms with Crippen molar-refractivity contribution in [1.82, 2.24) is 14.3 Å². The fourth-order valence-electron chi connectivity index (χ4n) is 3.87. The van der Waals surface area contributed by atoms with E-state index in [0.29, 0.717) is 0 Å². The van der Waals surface area contributed by atoms with Crippen LogP contribution in [0, 0.1) is 13.8 Å². The number of hydrogen-bond acceptors (Lipinski definition) is 2. The predicted molar refractivity (Wildman–Crippen MR) is 109 cm³/mol. The molecule has 2 aromatic heterocycles. The van der Waals surface area contributed by atoms with Crippen LogP contribution >= 0.6 is 0 Å². The largest absolute Gasteiger partial charge is 0.508 e. The summed E-state index contributed by atoms with van der Waals surface area (Å²) in [6.07, 6.45) is 0. The monoisotopic (exact) mass is 353 g/mol. The Bertz CT molecular complexity index is 1290. The lowest BCUT2D eigenvalue weighted by Crippen LogP contribution is -2.00. The van der Waals surface area contributed by atoms with E-state index in [2.05, 4.69) is 59.1 Å². The summed E-state index contributed by atoms with van der Waals surface area (Å²) >= 11 is 0. The van der Waals surface area contributed by atoms with Crippen LogP contribution in [0.2, 0.25) is 0 Å². The number of nitrogens with zero attached hydrogens (tertiary/aromatic N) is 3. The van der Waals surface area contributed by atoms with Crippen LogP contribution in [0.25, 0.3) is 33.2 Å². The Morgan fingerprint density at radius 1 is 0.741 bits per heavy atom. The first-order chi connectivity index (χ1) is 13.1. The molecule has 1 N–H and O–H groups in total. The van der Waals surface area contributed by atoms with Crippen molar-refractivity contribution in [1.29, 1.82) is 0 Å². The third-order valence-corrected chi connectivity index (χ3v) is 5.02. The predicted octanol–water partition coefficient (Wildman–Crippen LogP) is 5.29. The molecule has 5 aromatic rings. The number of benzene rings is 3. The lowest BCUT2D eigenvalue weighted by Gasteiger charge is -2.10. The fraction of sp³-hybridized carbons (Fsp3) is 0.0870. The normalized spacial score (nSPS) is 11.5. The van der Waals surface area contributed by atoms with Crippen molar-refractivity contribution in [3.63, 3.8) is 0 Å². The summed E-state index contributed by atoms with van der Waals surface area (Å²) < 4.78 is 4.15. The van der Waals surface area contributed by atoms with Crippen LogP contribution in [-0.2, 0) is 0 Å². The molecule has 4 heteroatoms. The molecule has 0 fully saturated rings. The topological polar surface area (TPSA) is 43.0 Å². The SMILES string of the molecule is Cc1cc(C)n(-c2ccc(-n3c4ccccc4c4ccc(O)cc43)cc2)n1. The Morgan fingerprint density at radius 2 is 1.44 bits per heavy atom. The van der Waals surface area contributed by atoms with Gasteiger partial charge in [0, 0.05) is 28.2 Å². The molecule has 0 aliphatic carbocycles. The quantitative estimate of drug-likeness (QED) is 0.468. The minimum absolute atomic E-state index is 0.269. The highest BCUT2D eigenvalue weighted by molar-refractivity contribution is 6.09. The number of phenolic OH excluding ortho intramolecular Hbond substituents is 1. The average Bonchev–Trinajstić information content (AvgIpc) is 3.18. The second-order valence-corrected chi connectivity index (χ2v) is 6.91. The van der Waals surface area contributed by atoms with Crippen LogP contribution in [-0.4, -0.2) is 19.5 Å². The van der Waals surface area contributed by atoms with E-state index < -0.39 is 0 Å². The molecule has 0 atom stereocenters. The fourth-order valence-corrected chi connectivity index (χ4v) is 3.87. The molecule has 3 aromatic carbocycles. The van der Waals surface area contributed by atoms with E-state index in [9.17, 15) is 5.11 Å². The summed E-state index contributed by atoms with van der Waals surface area (Å²) in [6.45, 7) is 4.06. The zero-order valence-electron chi connectivity index (χ0n) is 15.2. The number of aromatic nitrogens is 3. The van der Waals surface area contributed by atoms with Crippen molar-refractivity contribution >= 4 is 21.8 Å². The van der Waals surface area contributed by atoms with Gasteiger partial charge in [-0.05, 0) is 62.4 Å². The van der Waals surface area contributed by atoms with Gasteiger partial charge in [0.25, 0.3) is 0 Å². The van der Waals surface area contributed by atoms with E-state index in [1.54, 1.807) is 6.07 Å². The third-order valence-electron chi connectivity index (χ3n) is 5.02. The molecule has 0 radical (unpaired) electrons. The Morgan fingerprint density at radius 3 is 2.19 bits per heavy atom. The Balaban J connectivity index is 1.73. The van der Waals surface area contributed by atoms with E-state index >= 15 is 0 Å². The number of para-hydroxylation sites is 1. The molecule has 2 heterocycles. The van der Waals surface area contributed by atoms with Gasteiger partial charge in [-0.2, -0.15) is 5.10 Å². The van der Waals surface area contributed by atoms with Crippen molar-refractivity contribution in [3.05, 3.63) is 84.2 Å². The van der Waals surface area contributed by atoms with Crippen LogP contribution in [0.15, 0.2) is 72.8 Å². The summed E-state index contributed by atoms with van der Waals surface area (Å²) in [5.74, 6) is 0.269. The van der Waals surface area contributed by atoms with Gasteiger partial charge in [-0.15, -0.1) is 0 Å². The number of hydrogen-bond donors (Lipinski definition) is 1. The van der Waals surface area contributed by atoms with Gasteiger partial charge in [0.15, 0.2) is 0 Å². The van der Waals surface area contributed by atoms with Gasteiger partial charge < -0.3 is 9.67 Å². The molecule has 4 nitrogen and oxygen atoms in total. The van der Waals surface area contributed by atoms with Gasteiger partial charge in [-0.1, -0.05) is 18.2 Å². The lowest BCUT2D eigenvalue weighted by molar-refractivity contribution is 0.476. The van der Waals surface area contributed by atoms with E-state index in [4.69, 9.17) is 0 Å². The number of phenols is 1. The average molecular weight is 353 g/mol. The summed E-state index contributed by atoms with van der Waals surface area (Å²) in [4.78, 5) is 0. The molecular formula is C23H19N3O. The van der Waals surface area contributed by atoms with Crippen molar-refractivity contribution in [2.24, 2.45) is 0 Å². The first-order valence-electron chi connectivity index (χ1n) is 8.98. The standard InChI is InChI=1S/C23H19N3O/c1-15-13-16(2)26(24-15)18-9-7-17(8-10-18)25-22-6-4-3-5-20(22)21-12-11-19(27)14-23(21)25/h3-14,27H,1-2H3. The summed E-state index contributed by atoms with van der Waals surface area (Å²) in [7, 11) is 0. The van der Waals surface area contributed by atoms with E-state index in [0.717, 1.165) is 39.2 Å². The maximum atomic E-state index is 10.0. The van der Waals surface area contributed by atoms with Crippen LogP contribution < -0.4 is 0 Å². The Hall–Kier alpha value is -3.53. The molecule has 27 heavy (non-hydrogen) atoms. The highest BCUT2D eigenvalue weighted by Gasteiger charge is 2.13. The summed E-state index contributed by atoms with van der Waals surface area (Å²) in [5.41, 5.74) is 6.33. The zero-order valence-corrected chi connectivity index (χ0v) is 15.2. The molecule has 0 saturated heterocycles. The smallest absolute Gasteiger partial charge is 0.117 e. The number of rotatable bonds is 2. The molecule has 0 bridgehead atoms. The van der Waals surface area contributed by atoms with Crippen LogP contribution in [0.5, 0.6) is 5.75 Å². The van der Waals surface area contributed by atoms with Gasteiger partial charge in [0.2, 0.25) is 0 Å². The third kappa shape index (κ3) is 2.41. The summed E-state index contributed by atoms with van der Waals surface area (Å²) in [6, 6.07) is 24.3. The van der Waals surface area contributed by atoms with Crippen molar-refractivity contribution in [2.45, 2.75) is 13.8 Å². The highest BCUT2D eigenvalue weighted by Crippen LogP contribution is 2.33. The zero-order chi connectivity index (χ0) is 18.5. The number of aryl methyl sites for hydroxylation is 2. The molecule has 132 valence electrons. The molecule has 0 spiro atoms. The Kier molecular flexibility index (Phi) is 3.34. The van der Waals surface area contributed by atoms with Crippen LogP contribution in [0.4, 0.5) is 0 Å². The van der Waals surface area contributed by atoms with Crippen molar-refractivity contribution in [3.8, 4) is 17.1 Å². The molecule has 0 aliphatic heterocycles. The second-order valence-electron chi connectivity index (χ2n) is 6.91. The van der Waals surface area contributed by atoms with Crippen LogP contribution in [0.1, 0.15) is 11.4 Å². The van der Waals surface area contributed by atoms with E-state index in [1.807, 2.05) is 35.9 Å². The van der Waals surface area contributed by atoms with Crippen molar-refractivity contribution in [2.75, 3.05) is 0 Å². The first-order valence-corrected chi connectivity index (χ1v) is 8.98. The second kappa shape index (κ2) is 5.74. The molecule has 0 aliphatic rings. The van der Waals surface area contributed by atoms with Gasteiger partial charge in [0.05, 0.1) is 22.4 Å².